The van der Waals surface area contributed by atoms with Crippen LogP contribution in [0.1, 0.15) is 11.1 Å². The highest BCUT2D eigenvalue weighted by Crippen LogP contribution is 2.22. The van der Waals surface area contributed by atoms with Crippen LogP contribution in [0.2, 0.25) is 0 Å². The molecule has 2 aromatic rings. The second kappa shape index (κ2) is 8.03. The van der Waals surface area contributed by atoms with Crippen LogP contribution < -0.4 is 9.47 Å². The van der Waals surface area contributed by atoms with E-state index >= 15 is 0 Å². The second-order valence-corrected chi connectivity index (χ2v) is 7.76. The Morgan fingerprint density at radius 1 is 0.760 bits per heavy atom. The Hall–Kier alpha value is -2.53. The predicted octanol–water partition coefficient (Wildman–Crippen LogP) is 3.85. The maximum atomic E-state index is 12.5. The molecule has 0 atom stereocenters. The van der Waals surface area contributed by atoms with Crippen LogP contribution in [0.4, 0.5) is 0 Å². The molecule has 0 fully saturated rings. The van der Waals surface area contributed by atoms with Crippen molar-refractivity contribution < 1.29 is 17.9 Å². The number of rotatable bonds is 8. The van der Waals surface area contributed by atoms with Gasteiger partial charge < -0.3 is 9.47 Å². The molecule has 0 heterocycles. The molecule has 4 nitrogen and oxygen atoms in total. The van der Waals surface area contributed by atoms with Crippen molar-refractivity contribution >= 4 is 21.0 Å². The second-order valence-electron chi connectivity index (χ2n) is 5.70. The molecule has 2 rings (SSSR count). The van der Waals surface area contributed by atoms with Crippen LogP contribution in [0.15, 0.2) is 61.7 Å². The summed E-state index contributed by atoms with van der Waals surface area (Å²) in [6.45, 7) is 7.80. The Morgan fingerprint density at radius 3 is 1.36 bits per heavy atom. The summed E-state index contributed by atoms with van der Waals surface area (Å²) in [5, 5.41) is 0. The van der Waals surface area contributed by atoms with E-state index in [-0.39, 0.29) is 11.5 Å². The van der Waals surface area contributed by atoms with Gasteiger partial charge in [-0.2, -0.15) is 0 Å². The van der Waals surface area contributed by atoms with E-state index in [2.05, 4.69) is 13.2 Å². The Balaban J connectivity index is 2.04. The Labute approximate surface area is 149 Å². The molecule has 0 saturated carbocycles. The first-order valence-corrected chi connectivity index (χ1v) is 9.51. The lowest BCUT2D eigenvalue weighted by atomic mass is 10.1. The molecule has 0 aliphatic heterocycles. The largest absolute Gasteiger partial charge is 0.497 e. The van der Waals surface area contributed by atoms with E-state index < -0.39 is 9.84 Å². The third kappa shape index (κ3) is 5.22. The van der Waals surface area contributed by atoms with E-state index in [0.29, 0.717) is 22.6 Å². The van der Waals surface area contributed by atoms with Crippen LogP contribution in [-0.4, -0.2) is 34.1 Å². The molecule has 0 N–H and O–H groups in total. The van der Waals surface area contributed by atoms with Gasteiger partial charge in [0.05, 0.1) is 25.7 Å². The van der Waals surface area contributed by atoms with Gasteiger partial charge in [-0.1, -0.05) is 37.4 Å². The van der Waals surface area contributed by atoms with E-state index in [1.54, 1.807) is 62.8 Å². The Bertz CT molecular complexity index is 780. The van der Waals surface area contributed by atoms with Crippen molar-refractivity contribution in [1.29, 1.82) is 0 Å². The molecule has 0 amide bonds. The van der Waals surface area contributed by atoms with Crippen molar-refractivity contribution in [2.75, 3.05) is 25.7 Å². The van der Waals surface area contributed by atoms with Crippen molar-refractivity contribution in [3.63, 3.8) is 0 Å². The normalized spacial score (nSPS) is 11.0. The highest BCUT2D eigenvalue weighted by atomic mass is 32.2. The van der Waals surface area contributed by atoms with E-state index in [1.165, 1.54) is 0 Å². The minimum Gasteiger partial charge on any atom is -0.497 e. The smallest absolute Gasteiger partial charge is 0.158 e. The molecular weight excluding hydrogens is 336 g/mol. The zero-order valence-corrected chi connectivity index (χ0v) is 15.3. The molecule has 0 aromatic heterocycles. The van der Waals surface area contributed by atoms with E-state index in [1.807, 2.05) is 0 Å². The monoisotopic (exact) mass is 358 g/mol. The van der Waals surface area contributed by atoms with Crippen LogP contribution in [-0.2, 0) is 9.84 Å². The SMILES string of the molecule is C=C(CS(=O)(=O)CC(=C)c1ccc(OC)cc1)c1ccc(OC)cc1. The summed E-state index contributed by atoms with van der Waals surface area (Å²) >= 11 is 0. The van der Waals surface area contributed by atoms with Crippen molar-refractivity contribution in [3.8, 4) is 11.5 Å². The van der Waals surface area contributed by atoms with E-state index in [4.69, 9.17) is 9.47 Å². The van der Waals surface area contributed by atoms with Gasteiger partial charge in [-0.25, -0.2) is 8.42 Å². The number of sulfone groups is 1. The van der Waals surface area contributed by atoms with Gasteiger partial charge in [-0.3, -0.25) is 0 Å². The van der Waals surface area contributed by atoms with Gasteiger partial charge in [0.15, 0.2) is 9.84 Å². The number of ether oxygens (including phenoxy) is 2. The molecule has 5 heteroatoms. The molecule has 25 heavy (non-hydrogen) atoms. The maximum Gasteiger partial charge on any atom is 0.158 e. The third-order valence-corrected chi connectivity index (χ3v) is 5.36. The van der Waals surface area contributed by atoms with Crippen molar-refractivity contribution in [3.05, 3.63) is 72.8 Å². The van der Waals surface area contributed by atoms with Crippen molar-refractivity contribution in [1.82, 2.24) is 0 Å². The van der Waals surface area contributed by atoms with Gasteiger partial charge in [-0.15, -0.1) is 0 Å². The number of hydrogen-bond acceptors (Lipinski definition) is 4. The first-order valence-electron chi connectivity index (χ1n) is 7.69. The molecule has 0 unspecified atom stereocenters. The molecule has 132 valence electrons. The number of benzene rings is 2. The van der Waals surface area contributed by atoms with Crippen LogP contribution in [0.3, 0.4) is 0 Å². The van der Waals surface area contributed by atoms with Gasteiger partial charge in [0.25, 0.3) is 0 Å². The fourth-order valence-corrected chi connectivity index (χ4v) is 3.90. The summed E-state index contributed by atoms with van der Waals surface area (Å²) in [6.07, 6.45) is 0. The lowest BCUT2D eigenvalue weighted by Gasteiger charge is -2.11. The lowest BCUT2D eigenvalue weighted by Crippen LogP contribution is -2.13. The van der Waals surface area contributed by atoms with Crippen LogP contribution in [0.25, 0.3) is 11.1 Å². The van der Waals surface area contributed by atoms with Gasteiger partial charge >= 0.3 is 0 Å². The quantitative estimate of drug-likeness (QED) is 0.719. The average Bonchev–Trinajstić information content (AvgIpc) is 2.61. The molecule has 0 saturated heterocycles. The molecule has 0 aliphatic rings. The predicted molar refractivity (Wildman–Crippen MR) is 103 cm³/mol. The lowest BCUT2D eigenvalue weighted by molar-refractivity contribution is 0.414. The summed E-state index contributed by atoms with van der Waals surface area (Å²) in [4.78, 5) is 0. The number of hydrogen-bond donors (Lipinski definition) is 0. The summed E-state index contributed by atoms with van der Waals surface area (Å²) in [7, 11) is -0.204. The average molecular weight is 358 g/mol. The first-order chi connectivity index (χ1) is 11.8. The zero-order chi connectivity index (χ0) is 18.4. The zero-order valence-electron chi connectivity index (χ0n) is 14.5. The molecule has 0 aliphatic carbocycles. The van der Waals surface area contributed by atoms with Gasteiger partial charge in [-0.05, 0) is 46.5 Å². The maximum absolute atomic E-state index is 12.5. The van der Waals surface area contributed by atoms with Gasteiger partial charge in [0.1, 0.15) is 11.5 Å². The van der Waals surface area contributed by atoms with Crippen LogP contribution >= 0.6 is 0 Å². The Morgan fingerprint density at radius 2 is 1.08 bits per heavy atom. The van der Waals surface area contributed by atoms with Crippen LogP contribution in [0, 0.1) is 0 Å². The summed E-state index contributed by atoms with van der Waals surface area (Å²) in [6, 6.07) is 14.3. The summed E-state index contributed by atoms with van der Waals surface area (Å²) < 4.78 is 35.1. The van der Waals surface area contributed by atoms with Crippen molar-refractivity contribution in [2.24, 2.45) is 0 Å². The minimum absolute atomic E-state index is 0.117. The third-order valence-electron chi connectivity index (χ3n) is 3.78. The first kappa shape index (κ1) is 18.8. The van der Waals surface area contributed by atoms with E-state index in [0.717, 1.165) is 11.1 Å². The molecule has 0 spiro atoms. The molecule has 2 aromatic carbocycles. The van der Waals surface area contributed by atoms with Crippen molar-refractivity contribution in [2.45, 2.75) is 0 Å². The number of methoxy groups -OCH3 is 2. The highest BCUT2D eigenvalue weighted by molar-refractivity contribution is 7.92. The Kier molecular flexibility index (Phi) is 6.04. The molecular formula is C20H22O4S. The summed E-state index contributed by atoms with van der Waals surface area (Å²) in [5.41, 5.74) is 2.65. The fourth-order valence-electron chi connectivity index (χ4n) is 2.40. The molecule has 0 radical (unpaired) electrons. The highest BCUT2D eigenvalue weighted by Gasteiger charge is 2.16. The summed E-state index contributed by atoms with van der Waals surface area (Å²) in [5.74, 6) is 1.20. The topological polar surface area (TPSA) is 52.6 Å². The standard InChI is InChI=1S/C20H22O4S/c1-15(17-5-9-19(23-3)10-6-17)13-25(21,22)14-16(2)18-7-11-20(24-4)12-8-18/h5-12H,1-2,13-14H2,3-4H3. The van der Waals surface area contributed by atoms with Crippen LogP contribution in [0.5, 0.6) is 11.5 Å². The minimum atomic E-state index is -3.37. The fraction of sp³-hybridized carbons (Fsp3) is 0.200. The molecule has 0 bridgehead atoms. The van der Waals surface area contributed by atoms with Gasteiger partial charge in [0.2, 0.25) is 0 Å². The van der Waals surface area contributed by atoms with E-state index in [9.17, 15) is 8.42 Å². The van der Waals surface area contributed by atoms with Gasteiger partial charge in [0, 0.05) is 0 Å².